The van der Waals surface area contributed by atoms with Crippen LogP contribution in [0.25, 0.3) is 28.3 Å². The third kappa shape index (κ3) is 5.20. The van der Waals surface area contributed by atoms with Gasteiger partial charge in [-0.2, -0.15) is 9.36 Å². The summed E-state index contributed by atoms with van der Waals surface area (Å²) in [5, 5.41) is 4.30. The maximum absolute atomic E-state index is 13.3. The number of imidazole rings is 1. The maximum Gasteiger partial charge on any atom is 0.242 e. The number of carbonyl (C=O) groups is 1. The van der Waals surface area contributed by atoms with Crippen molar-refractivity contribution in [2.24, 2.45) is 0 Å². The summed E-state index contributed by atoms with van der Waals surface area (Å²) in [6.07, 6.45) is 7.84. The maximum atomic E-state index is 13.3. The largest absolute Gasteiger partial charge is 0.372 e. The summed E-state index contributed by atoms with van der Waals surface area (Å²) in [5.41, 5.74) is 4.81. The van der Waals surface area contributed by atoms with Gasteiger partial charge in [-0.25, -0.2) is 4.98 Å². The standard InChI is InChI=1S/C30H31N9OS/c40-26(37-16-18-38(19-17-37)30-34-28(35-41-30)23-6-2-1-3-7-23)21-32-29-27(33-25-20-31-12-15-39(25)29)22-8-10-24(11-9-22)36-13-4-5-14-36/h1-3,6-12,15,20,32H,4-5,13-14,16-19,21H2. The first-order valence-electron chi connectivity index (χ1n) is 14.1. The van der Waals surface area contributed by atoms with Gasteiger partial charge in [0, 0.05) is 80.0 Å². The van der Waals surface area contributed by atoms with E-state index in [2.05, 4.69) is 48.7 Å². The van der Waals surface area contributed by atoms with Crippen LogP contribution in [0.4, 0.5) is 16.6 Å². The Morgan fingerprint density at radius 3 is 2.41 bits per heavy atom. The quantitative estimate of drug-likeness (QED) is 0.313. The first-order chi connectivity index (χ1) is 20.2. The number of carbonyl (C=O) groups excluding carboxylic acids is 1. The first-order valence-corrected chi connectivity index (χ1v) is 14.8. The molecule has 5 heterocycles. The van der Waals surface area contributed by atoms with E-state index in [9.17, 15) is 4.79 Å². The summed E-state index contributed by atoms with van der Waals surface area (Å²) in [4.78, 5) is 33.6. The molecule has 7 rings (SSSR count). The number of hydrogen-bond donors (Lipinski definition) is 1. The van der Waals surface area contributed by atoms with Gasteiger partial charge in [-0.15, -0.1) is 0 Å². The lowest BCUT2D eigenvalue weighted by Crippen LogP contribution is -2.50. The van der Waals surface area contributed by atoms with E-state index >= 15 is 0 Å². The highest BCUT2D eigenvalue weighted by atomic mass is 32.1. The molecule has 0 unspecified atom stereocenters. The van der Waals surface area contributed by atoms with E-state index in [0.29, 0.717) is 13.1 Å². The molecule has 2 aliphatic heterocycles. The summed E-state index contributed by atoms with van der Waals surface area (Å²) in [6.45, 7) is 5.14. The number of rotatable bonds is 7. The molecule has 3 aromatic heterocycles. The van der Waals surface area contributed by atoms with E-state index in [1.165, 1.54) is 30.1 Å². The van der Waals surface area contributed by atoms with Gasteiger partial charge >= 0.3 is 0 Å². The zero-order valence-corrected chi connectivity index (χ0v) is 23.5. The van der Waals surface area contributed by atoms with E-state index < -0.39 is 0 Å². The predicted molar refractivity (Wildman–Crippen MR) is 162 cm³/mol. The molecule has 0 saturated carbocycles. The van der Waals surface area contributed by atoms with Gasteiger partial charge in [-0.05, 0) is 25.0 Å². The van der Waals surface area contributed by atoms with Crippen LogP contribution in [0.1, 0.15) is 12.8 Å². The Hall–Kier alpha value is -4.51. The Kier molecular flexibility index (Phi) is 6.93. The van der Waals surface area contributed by atoms with E-state index in [1.807, 2.05) is 45.8 Å². The zero-order chi connectivity index (χ0) is 27.6. The number of benzene rings is 2. The fourth-order valence-corrected chi connectivity index (χ4v) is 6.29. The fraction of sp³-hybridized carbons (Fsp3) is 0.300. The lowest BCUT2D eigenvalue weighted by Gasteiger charge is -2.34. The van der Waals surface area contributed by atoms with E-state index in [4.69, 9.17) is 9.97 Å². The van der Waals surface area contributed by atoms with Crippen LogP contribution in [0.2, 0.25) is 0 Å². The van der Waals surface area contributed by atoms with Crippen molar-refractivity contribution in [1.29, 1.82) is 0 Å². The van der Waals surface area contributed by atoms with Crippen molar-refractivity contribution in [1.82, 2.24) is 28.6 Å². The molecule has 2 aromatic carbocycles. The SMILES string of the molecule is O=C(CNc1c(-c2ccc(N3CCCC3)cc2)nc2cnccn12)N1CCN(c2nc(-c3ccccc3)ns2)CC1. The minimum Gasteiger partial charge on any atom is -0.372 e. The Morgan fingerprint density at radius 2 is 1.63 bits per heavy atom. The van der Waals surface area contributed by atoms with Crippen molar-refractivity contribution >= 4 is 39.7 Å². The van der Waals surface area contributed by atoms with Crippen LogP contribution in [0, 0.1) is 0 Å². The second-order valence-electron chi connectivity index (χ2n) is 10.3. The number of aromatic nitrogens is 5. The van der Waals surface area contributed by atoms with Gasteiger partial charge in [-0.1, -0.05) is 42.5 Å². The molecule has 1 N–H and O–H groups in total. The summed E-state index contributed by atoms with van der Waals surface area (Å²) < 4.78 is 6.50. The molecule has 10 nitrogen and oxygen atoms in total. The minimum absolute atomic E-state index is 0.0613. The highest BCUT2D eigenvalue weighted by molar-refractivity contribution is 7.09. The van der Waals surface area contributed by atoms with Crippen molar-refractivity contribution in [3.8, 4) is 22.6 Å². The lowest BCUT2D eigenvalue weighted by atomic mass is 10.1. The molecule has 0 atom stereocenters. The number of hydrogen-bond acceptors (Lipinski definition) is 9. The van der Waals surface area contributed by atoms with Gasteiger partial charge in [0.2, 0.25) is 11.0 Å². The van der Waals surface area contributed by atoms with Crippen LogP contribution in [-0.2, 0) is 4.79 Å². The smallest absolute Gasteiger partial charge is 0.242 e. The molecular formula is C30H31N9OS. The lowest BCUT2D eigenvalue weighted by molar-refractivity contribution is -0.129. The van der Waals surface area contributed by atoms with Crippen LogP contribution in [-0.4, -0.2) is 80.3 Å². The van der Waals surface area contributed by atoms with Crippen LogP contribution >= 0.6 is 11.5 Å². The van der Waals surface area contributed by atoms with E-state index in [0.717, 1.165) is 65.4 Å². The van der Waals surface area contributed by atoms with Crippen molar-refractivity contribution in [2.45, 2.75) is 12.8 Å². The minimum atomic E-state index is 0.0613. The average molecular weight is 566 g/mol. The third-order valence-corrected chi connectivity index (χ3v) is 8.58. The van der Waals surface area contributed by atoms with Crippen molar-refractivity contribution in [3.05, 3.63) is 73.2 Å². The number of nitrogens with zero attached hydrogens (tertiary/aromatic N) is 8. The van der Waals surface area contributed by atoms with Gasteiger partial charge in [0.05, 0.1) is 12.7 Å². The molecule has 0 spiro atoms. The van der Waals surface area contributed by atoms with Crippen LogP contribution < -0.4 is 15.1 Å². The number of anilines is 3. The van der Waals surface area contributed by atoms with Gasteiger partial charge in [0.25, 0.3) is 0 Å². The molecule has 208 valence electrons. The average Bonchev–Trinajstić information content (AvgIpc) is 3.81. The fourth-order valence-electron chi connectivity index (χ4n) is 5.55. The zero-order valence-electron chi connectivity index (χ0n) is 22.7. The number of piperazine rings is 1. The van der Waals surface area contributed by atoms with Crippen molar-refractivity contribution in [3.63, 3.8) is 0 Å². The topological polar surface area (TPSA) is 94.8 Å². The molecular weight excluding hydrogens is 534 g/mol. The predicted octanol–water partition coefficient (Wildman–Crippen LogP) is 4.28. The monoisotopic (exact) mass is 565 g/mol. The molecule has 41 heavy (non-hydrogen) atoms. The second-order valence-corrected chi connectivity index (χ2v) is 11.1. The van der Waals surface area contributed by atoms with Crippen LogP contribution in [0.15, 0.2) is 73.2 Å². The summed E-state index contributed by atoms with van der Waals surface area (Å²) >= 11 is 1.41. The number of amides is 1. The molecule has 0 aliphatic carbocycles. The summed E-state index contributed by atoms with van der Waals surface area (Å²) in [6, 6.07) is 18.6. The van der Waals surface area contributed by atoms with E-state index in [-0.39, 0.29) is 12.5 Å². The van der Waals surface area contributed by atoms with E-state index in [1.54, 1.807) is 12.4 Å². The van der Waals surface area contributed by atoms with Crippen LogP contribution in [0.5, 0.6) is 0 Å². The number of nitrogens with one attached hydrogen (secondary N) is 1. The Morgan fingerprint density at radius 1 is 0.854 bits per heavy atom. The van der Waals surface area contributed by atoms with Crippen molar-refractivity contribution < 1.29 is 4.79 Å². The molecule has 11 heteroatoms. The van der Waals surface area contributed by atoms with Gasteiger partial charge < -0.3 is 20.0 Å². The molecule has 2 aliphatic rings. The highest BCUT2D eigenvalue weighted by Crippen LogP contribution is 2.31. The molecule has 1 amide bonds. The van der Waals surface area contributed by atoms with Crippen LogP contribution in [0.3, 0.4) is 0 Å². The van der Waals surface area contributed by atoms with Crippen molar-refractivity contribution in [2.75, 3.05) is 60.9 Å². The highest BCUT2D eigenvalue weighted by Gasteiger charge is 2.24. The third-order valence-electron chi connectivity index (χ3n) is 7.80. The molecule has 0 bridgehead atoms. The first kappa shape index (κ1) is 25.5. The number of fused-ring (bicyclic) bond motifs is 1. The Balaban J connectivity index is 1.01. The molecule has 5 aromatic rings. The van der Waals surface area contributed by atoms with Gasteiger partial charge in [0.1, 0.15) is 11.5 Å². The molecule has 2 saturated heterocycles. The Labute approximate surface area is 242 Å². The molecule has 0 radical (unpaired) electrons. The second kappa shape index (κ2) is 11.2. The normalized spacial score (nSPS) is 15.6. The molecule has 2 fully saturated rings. The summed E-state index contributed by atoms with van der Waals surface area (Å²) in [5.74, 6) is 1.61. The summed E-state index contributed by atoms with van der Waals surface area (Å²) in [7, 11) is 0. The van der Waals surface area contributed by atoms with Gasteiger partial charge in [0.15, 0.2) is 11.5 Å². The Bertz CT molecular complexity index is 1640. The van der Waals surface area contributed by atoms with Gasteiger partial charge in [-0.3, -0.25) is 14.2 Å².